The molecule has 0 unspecified atom stereocenters. The number of ether oxygens (including phenoxy) is 1. The van der Waals surface area contributed by atoms with E-state index in [1.807, 2.05) is 13.8 Å². The number of aryl methyl sites for hydroxylation is 1. The second kappa shape index (κ2) is 8.12. The first-order chi connectivity index (χ1) is 13.2. The van der Waals surface area contributed by atoms with E-state index in [0.29, 0.717) is 22.2 Å². The number of aromatic nitrogens is 1. The van der Waals surface area contributed by atoms with Crippen molar-refractivity contribution in [1.82, 2.24) is 4.98 Å². The molecule has 0 aliphatic rings. The third-order valence-electron chi connectivity index (χ3n) is 3.66. The molecule has 1 N–H and O–H groups in total. The molecule has 0 bridgehead atoms. The van der Waals surface area contributed by atoms with Gasteiger partial charge in [0.25, 0.3) is 5.91 Å². The zero-order chi connectivity index (χ0) is 20.4. The lowest BCUT2D eigenvalue weighted by Gasteiger charge is -2.05. The number of nitrogens with one attached hydrogen (secondary N) is 1. The Morgan fingerprint density at radius 3 is 2.79 bits per heavy atom. The summed E-state index contributed by atoms with van der Waals surface area (Å²) in [5.41, 5.74) is 0.307. The van der Waals surface area contributed by atoms with Gasteiger partial charge in [-0.2, -0.15) is 0 Å². The van der Waals surface area contributed by atoms with Crippen LogP contribution < -0.4 is 10.7 Å². The largest absolute Gasteiger partial charge is 0.461 e. The SMILES string of the molecule is Cc1nc(NC(=O)c2cc(=O)c3cc(Cl)ccc3o2)sc1C(=O)OCC(C)C. The van der Waals surface area contributed by atoms with Crippen molar-refractivity contribution in [2.75, 3.05) is 11.9 Å². The van der Waals surface area contributed by atoms with E-state index < -0.39 is 11.9 Å². The molecule has 28 heavy (non-hydrogen) atoms. The van der Waals surface area contributed by atoms with Crippen LogP contribution in [0, 0.1) is 12.8 Å². The molecule has 7 nitrogen and oxygen atoms in total. The van der Waals surface area contributed by atoms with Crippen molar-refractivity contribution in [2.24, 2.45) is 5.92 Å². The Balaban J connectivity index is 1.81. The van der Waals surface area contributed by atoms with E-state index in [2.05, 4.69) is 10.3 Å². The smallest absolute Gasteiger partial charge is 0.350 e. The summed E-state index contributed by atoms with van der Waals surface area (Å²) < 4.78 is 10.7. The first kappa shape index (κ1) is 20.0. The summed E-state index contributed by atoms with van der Waals surface area (Å²) in [6, 6.07) is 5.65. The average Bonchev–Trinajstić information content (AvgIpc) is 3.00. The number of esters is 1. The molecule has 2 heterocycles. The van der Waals surface area contributed by atoms with Crippen LogP contribution >= 0.6 is 22.9 Å². The maximum absolute atomic E-state index is 12.5. The molecule has 0 radical (unpaired) electrons. The van der Waals surface area contributed by atoms with Crippen LogP contribution in [0.3, 0.4) is 0 Å². The summed E-state index contributed by atoms with van der Waals surface area (Å²) in [6.07, 6.45) is 0. The number of amides is 1. The van der Waals surface area contributed by atoms with Crippen LogP contribution in [0.25, 0.3) is 11.0 Å². The number of nitrogens with zero attached hydrogens (tertiary/aromatic N) is 1. The van der Waals surface area contributed by atoms with E-state index >= 15 is 0 Å². The maximum Gasteiger partial charge on any atom is 0.350 e. The van der Waals surface area contributed by atoms with Gasteiger partial charge in [-0.3, -0.25) is 14.9 Å². The number of hydrogen-bond donors (Lipinski definition) is 1. The highest BCUT2D eigenvalue weighted by molar-refractivity contribution is 7.17. The number of carbonyl (C=O) groups is 2. The number of hydrogen-bond acceptors (Lipinski definition) is 7. The number of rotatable bonds is 5. The molecule has 3 rings (SSSR count). The summed E-state index contributed by atoms with van der Waals surface area (Å²) in [4.78, 5) is 41.3. The number of benzene rings is 1. The van der Waals surface area contributed by atoms with Crippen molar-refractivity contribution in [3.8, 4) is 0 Å². The van der Waals surface area contributed by atoms with Crippen molar-refractivity contribution in [1.29, 1.82) is 0 Å². The maximum atomic E-state index is 12.5. The summed E-state index contributed by atoms with van der Waals surface area (Å²) >= 11 is 6.88. The van der Waals surface area contributed by atoms with Crippen molar-refractivity contribution >= 4 is 50.9 Å². The summed E-state index contributed by atoms with van der Waals surface area (Å²) in [5.74, 6) is -1.10. The zero-order valence-electron chi connectivity index (χ0n) is 15.4. The Morgan fingerprint density at radius 1 is 1.32 bits per heavy atom. The summed E-state index contributed by atoms with van der Waals surface area (Å²) in [5, 5.41) is 3.43. The Bertz CT molecular complexity index is 1120. The minimum absolute atomic E-state index is 0.170. The van der Waals surface area contributed by atoms with Crippen LogP contribution in [-0.4, -0.2) is 23.5 Å². The van der Waals surface area contributed by atoms with Crippen molar-refractivity contribution < 1.29 is 18.7 Å². The topological polar surface area (TPSA) is 98.5 Å². The van der Waals surface area contributed by atoms with E-state index in [1.54, 1.807) is 13.0 Å². The highest BCUT2D eigenvalue weighted by Crippen LogP contribution is 2.24. The quantitative estimate of drug-likeness (QED) is 0.618. The number of halogens is 1. The van der Waals surface area contributed by atoms with Crippen LogP contribution in [0.15, 0.2) is 33.5 Å². The van der Waals surface area contributed by atoms with Gasteiger partial charge in [-0.1, -0.05) is 36.8 Å². The molecule has 0 atom stereocenters. The number of carbonyl (C=O) groups excluding carboxylic acids is 2. The molecule has 9 heteroatoms. The Hall–Kier alpha value is -2.71. The molecule has 3 aromatic rings. The van der Waals surface area contributed by atoms with Gasteiger partial charge in [0.2, 0.25) is 0 Å². The van der Waals surface area contributed by atoms with E-state index in [0.717, 1.165) is 17.4 Å². The molecule has 0 fully saturated rings. The molecular formula is C19H17ClN2O5S. The van der Waals surface area contributed by atoms with Gasteiger partial charge in [-0.25, -0.2) is 9.78 Å². The molecule has 1 aromatic carbocycles. The standard InChI is InChI=1S/C19H17ClN2O5S/c1-9(2)8-26-18(25)16-10(3)21-19(28-16)22-17(24)15-7-13(23)12-6-11(20)4-5-14(12)27-15/h4-7,9H,8H2,1-3H3,(H,21,22,24). The van der Waals surface area contributed by atoms with Crippen LogP contribution in [0.2, 0.25) is 5.02 Å². The number of thiazole rings is 1. The van der Waals surface area contributed by atoms with Gasteiger partial charge in [-0.15, -0.1) is 0 Å². The Morgan fingerprint density at radius 2 is 2.07 bits per heavy atom. The molecule has 0 saturated heterocycles. The Labute approximate surface area is 169 Å². The first-order valence-corrected chi connectivity index (χ1v) is 9.63. The van der Waals surface area contributed by atoms with Gasteiger partial charge in [-0.05, 0) is 31.0 Å². The van der Waals surface area contributed by atoms with Crippen LogP contribution in [0.5, 0.6) is 0 Å². The summed E-state index contributed by atoms with van der Waals surface area (Å²) in [6.45, 7) is 5.82. The van der Waals surface area contributed by atoms with Gasteiger partial charge in [0.05, 0.1) is 17.7 Å². The van der Waals surface area contributed by atoms with Gasteiger partial charge in [0, 0.05) is 11.1 Å². The molecule has 1 amide bonds. The van der Waals surface area contributed by atoms with Crippen LogP contribution in [0.1, 0.15) is 39.8 Å². The minimum Gasteiger partial charge on any atom is -0.461 e. The van der Waals surface area contributed by atoms with E-state index in [1.165, 1.54) is 12.1 Å². The lowest BCUT2D eigenvalue weighted by Crippen LogP contribution is -2.14. The molecule has 0 aliphatic heterocycles. The highest BCUT2D eigenvalue weighted by atomic mass is 35.5. The van der Waals surface area contributed by atoms with Crippen LogP contribution in [0.4, 0.5) is 5.13 Å². The fourth-order valence-electron chi connectivity index (χ4n) is 2.35. The Kier molecular flexibility index (Phi) is 5.81. The molecule has 0 saturated carbocycles. The van der Waals surface area contributed by atoms with Crippen molar-refractivity contribution in [2.45, 2.75) is 20.8 Å². The molecular weight excluding hydrogens is 404 g/mol. The lowest BCUT2D eigenvalue weighted by atomic mass is 10.2. The molecule has 2 aromatic heterocycles. The second-order valence-electron chi connectivity index (χ2n) is 6.50. The highest BCUT2D eigenvalue weighted by Gasteiger charge is 2.20. The zero-order valence-corrected chi connectivity index (χ0v) is 16.9. The monoisotopic (exact) mass is 420 g/mol. The normalized spacial score (nSPS) is 11.0. The van der Waals surface area contributed by atoms with Gasteiger partial charge < -0.3 is 9.15 Å². The van der Waals surface area contributed by atoms with Gasteiger partial charge in [0.15, 0.2) is 16.3 Å². The van der Waals surface area contributed by atoms with E-state index in [-0.39, 0.29) is 33.2 Å². The molecule has 146 valence electrons. The molecule has 0 spiro atoms. The van der Waals surface area contributed by atoms with Crippen molar-refractivity contribution in [3.05, 3.63) is 55.8 Å². The average molecular weight is 421 g/mol. The van der Waals surface area contributed by atoms with Crippen molar-refractivity contribution in [3.63, 3.8) is 0 Å². The van der Waals surface area contributed by atoms with Gasteiger partial charge in [0.1, 0.15) is 10.5 Å². The molecule has 0 aliphatic carbocycles. The minimum atomic E-state index is -0.648. The number of fused-ring (bicyclic) bond motifs is 1. The first-order valence-electron chi connectivity index (χ1n) is 8.44. The third-order valence-corrected chi connectivity index (χ3v) is 4.95. The van der Waals surface area contributed by atoms with E-state index in [4.69, 9.17) is 20.8 Å². The fraction of sp³-hybridized carbons (Fsp3) is 0.263. The lowest BCUT2D eigenvalue weighted by molar-refractivity contribution is 0.0463. The van der Waals surface area contributed by atoms with E-state index in [9.17, 15) is 14.4 Å². The number of anilines is 1. The predicted molar refractivity (Wildman–Crippen MR) is 107 cm³/mol. The fourth-order valence-corrected chi connectivity index (χ4v) is 3.37. The predicted octanol–water partition coefficient (Wildman–Crippen LogP) is 4.28. The van der Waals surface area contributed by atoms with Gasteiger partial charge >= 0.3 is 5.97 Å². The summed E-state index contributed by atoms with van der Waals surface area (Å²) in [7, 11) is 0. The third kappa shape index (κ3) is 4.40. The van der Waals surface area contributed by atoms with Crippen LogP contribution in [-0.2, 0) is 4.74 Å². The second-order valence-corrected chi connectivity index (χ2v) is 7.93.